The quantitative estimate of drug-likeness (QED) is 0.101. The Balaban J connectivity index is 0.000000147. The molecule has 0 fully saturated rings. The molecule has 0 amide bonds. The van der Waals surface area contributed by atoms with Gasteiger partial charge >= 0.3 is 0 Å². The highest BCUT2D eigenvalue weighted by atomic mass is 32.1. The number of rotatable bonds is 14. The number of benzene rings is 14. The van der Waals surface area contributed by atoms with Crippen LogP contribution < -0.4 is 0 Å². The summed E-state index contributed by atoms with van der Waals surface area (Å²) in [5.41, 5.74) is 27.6. The van der Waals surface area contributed by atoms with Crippen molar-refractivity contribution in [2.75, 3.05) is 0 Å². The lowest BCUT2D eigenvalue weighted by molar-refractivity contribution is 0.904. The SMILES string of the molecule is c1ccc(-c2ccc(-c3nc(-c4ccccc4)nc(-c4cccc(-c5ccc(-c6cccc(-c7nc8cccnc8c8c7sc7ccccc78)c6)cc5)c4)n3)cc2)cc1.c1ccc(-c2ccc(-c3nc(-c4ccccc4)nc(-c4cccc(-c5cccc(-c6cccc(-c7nnnc8c7sc7nc9ccccc9nc78)c6)c5)c4)n3)cc2)cc1. The molecule has 22 rings (SSSR count). The van der Waals surface area contributed by atoms with Crippen LogP contribution >= 0.6 is 22.7 Å². The van der Waals surface area contributed by atoms with Crippen LogP contribution in [-0.4, -0.2) is 65.3 Å². The third-order valence-electron chi connectivity index (χ3n) is 21.2. The molecule has 0 saturated heterocycles. The molecule has 13 nitrogen and oxygen atoms in total. The van der Waals surface area contributed by atoms with Gasteiger partial charge in [0.25, 0.3) is 0 Å². The number of pyridine rings is 2. The minimum absolute atomic E-state index is 0.608. The van der Waals surface area contributed by atoms with Crippen molar-refractivity contribution in [3.8, 4) is 158 Å². The summed E-state index contributed by atoms with van der Waals surface area (Å²) in [5, 5.41) is 15.5. The first-order valence-electron chi connectivity index (χ1n) is 38.7. The molecule has 14 aromatic carbocycles. The molecule has 0 aliphatic heterocycles. The predicted octanol–water partition coefficient (Wildman–Crippen LogP) is 25.9. The summed E-state index contributed by atoms with van der Waals surface area (Å²) in [7, 11) is 0. The van der Waals surface area contributed by atoms with Crippen molar-refractivity contribution < 1.29 is 0 Å². The fourth-order valence-corrected chi connectivity index (χ4v) is 17.5. The number of fused-ring (bicyclic) bond motifs is 9. The van der Waals surface area contributed by atoms with E-state index in [1.165, 1.54) is 21.0 Å². The van der Waals surface area contributed by atoms with Gasteiger partial charge in [0.15, 0.2) is 34.9 Å². The summed E-state index contributed by atoms with van der Waals surface area (Å²) in [5.74, 6) is 3.75. The van der Waals surface area contributed by atoms with E-state index in [2.05, 4.69) is 288 Å². The van der Waals surface area contributed by atoms with E-state index >= 15 is 0 Å². The zero-order valence-corrected chi connectivity index (χ0v) is 64.6. The number of nitrogens with zero attached hydrogens (tertiary/aromatic N) is 13. The van der Waals surface area contributed by atoms with Crippen LogP contribution in [-0.2, 0) is 0 Å². The van der Waals surface area contributed by atoms with E-state index in [-0.39, 0.29) is 0 Å². The molecule has 552 valence electrons. The van der Waals surface area contributed by atoms with Crippen LogP contribution in [0, 0.1) is 0 Å². The second-order valence-corrected chi connectivity index (χ2v) is 30.7. The number of aromatic nitrogens is 13. The van der Waals surface area contributed by atoms with Crippen LogP contribution in [0.25, 0.3) is 220 Å². The van der Waals surface area contributed by atoms with Gasteiger partial charge in [-0.2, -0.15) is 0 Å². The van der Waals surface area contributed by atoms with Crippen molar-refractivity contribution >= 4 is 85.5 Å². The lowest BCUT2D eigenvalue weighted by atomic mass is 9.96. The molecule has 15 heteroatoms. The van der Waals surface area contributed by atoms with Gasteiger partial charge in [0.2, 0.25) is 0 Å². The maximum absolute atomic E-state index is 5.18. The lowest BCUT2D eigenvalue weighted by Gasteiger charge is -2.11. The number of para-hydroxylation sites is 2. The van der Waals surface area contributed by atoms with Crippen molar-refractivity contribution in [1.29, 1.82) is 0 Å². The standard InChI is InChI=1S/C53H33N5S.C50H30N8S/c1-3-12-34(13-4-1)35-27-29-39(30-28-35)52-56-51(38-14-5-2-6-15-38)57-53(58-52)43-19-10-17-41(33-43)37-25-23-36(24-26-37)40-16-9-18-42(32-40)48-50-47(44-20-7-8-22-46(44)59-50)49-45(55-48)21-11-31-54-49;1-3-12-31(13-4-1)32-24-26-34(27-25-32)48-53-47(33-14-5-2-6-15-33)54-49(55-48)40-21-11-19-38(30-40)36-17-9-16-35(28-36)37-18-10-20-39(29-37)43-46-44(57-58-56-43)45-50(59-46)52-42-23-8-7-22-41(42)51-45/h1-33H;1-30H. The molecular formula is C103H63N13S2. The van der Waals surface area contributed by atoms with Crippen molar-refractivity contribution in [1.82, 2.24) is 65.3 Å². The van der Waals surface area contributed by atoms with E-state index in [9.17, 15) is 0 Å². The van der Waals surface area contributed by atoms with Crippen LogP contribution in [0.5, 0.6) is 0 Å². The molecule has 0 unspecified atom stereocenters. The van der Waals surface area contributed by atoms with Crippen LogP contribution in [0.2, 0.25) is 0 Å². The molecule has 8 aromatic heterocycles. The van der Waals surface area contributed by atoms with Gasteiger partial charge in [-0.25, -0.2) is 44.9 Å². The highest BCUT2D eigenvalue weighted by molar-refractivity contribution is 7.26. The van der Waals surface area contributed by atoms with Crippen molar-refractivity contribution in [2.45, 2.75) is 0 Å². The molecular weight excluding hydrogens is 1480 g/mol. The summed E-state index contributed by atoms with van der Waals surface area (Å²) in [6.45, 7) is 0. The molecule has 0 atom stereocenters. The summed E-state index contributed by atoms with van der Waals surface area (Å²) < 4.78 is 3.31. The van der Waals surface area contributed by atoms with Crippen molar-refractivity contribution in [3.05, 3.63) is 382 Å². The second kappa shape index (κ2) is 30.8. The van der Waals surface area contributed by atoms with Crippen molar-refractivity contribution in [3.63, 3.8) is 0 Å². The molecule has 0 aliphatic rings. The van der Waals surface area contributed by atoms with Gasteiger partial charge in [-0.15, -0.1) is 32.9 Å². The number of hydrogen-bond acceptors (Lipinski definition) is 15. The Morgan fingerprint density at radius 2 is 0.534 bits per heavy atom. The average Bonchev–Trinajstić information content (AvgIpc) is 1.57. The first kappa shape index (κ1) is 70.3. The van der Waals surface area contributed by atoms with E-state index in [0.717, 1.165) is 159 Å². The molecule has 0 saturated carbocycles. The Morgan fingerprint density at radius 1 is 0.195 bits per heavy atom. The van der Waals surface area contributed by atoms with Crippen LogP contribution in [0.4, 0.5) is 0 Å². The molecule has 0 spiro atoms. The Bertz CT molecular complexity index is 7540. The molecule has 22 aromatic rings. The topological polar surface area (TPSA) is 168 Å². The minimum Gasteiger partial charge on any atom is -0.254 e. The number of hydrogen-bond donors (Lipinski definition) is 0. The zero-order valence-electron chi connectivity index (χ0n) is 63.0. The summed E-state index contributed by atoms with van der Waals surface area (Å²) >= 11 is 3.33. The van der Waals surface area contributed by atoms with Gasteiger partial charge in [-0.05, 0) is 133 Å². The van der Waals surface area contributed by atoms with Gasteiger partial charge in [0.1, 0.15) is 21.6 Å². The van der Waals surface area contributed by atoms with Gasteiger partial charge < -0.3 is 0 Å². The third kappa shape index (κ3) is 13.9. The van der Waals surface area contributed by atoms with E-state index in [4.69, 9.17) is 49.8 Å². The Kier molecular flexibility index (Phi) is 18.3. The molecule has 0 N–H and O–H groups in total. The maximum Gasteiger partial charge on any atom is 0.164 e. The fourth-order valence-electron chi connectivity index (χ4n) is 15.2. The van der Waals surface area contributed by atoms with Crippen LogP contribution in [0.15, 0.2) is 382 Å². The largest absolute Gasteiger partial charge is 0.254 e. The Labute approximate surface area is 685 Å². The van der Waals surface area contributed by atoms with E-state index in [0.29, 0.717) is 40.5 Å². The first-order chi connectivity index (χ1) is 58.4. The fraction of sp³-hybridized carbons (Fsp3) is 0. The van der Waals surface area contributed by atoms with E-state index < -0.39 is 0 Å². The smallest absolute Gasteiger partial charge is 0.164 e. The van der Waals surface area contributed by atoms with Gasteiger partial charge in [-0.1, -0.05) is 315 Å². The molecule has 0 aliphatic carbocycles. The molecule has 8 heterocycles. The Morgan fingerprint density at radius 3 is 1.03 bits per heavy atom. The highest BCUT2D eigenvalue weighted by Gasteiger charge is 2.22. The van der Waals surface area contributed by atoms with Crippen LogP contribution in [0.3, 0.4) is 0 Å². The Hall–Kier alpha value is -15.6. The monoisotopic (exact) mass is 1550 g/mol. The maximum atomic E-state index is 5.18. The van der Waals surface area contributed by atoms with Crippen LogP contribution in [0.1, 0.15) is 0 Å². The third-order valence-corrected chi connectivity index (χ3v) is 23.4. The molecule has 0 radical (unpaired) electrons. The predicted molar refractivity (Wildman–Crippen MR) is 481 cm³/mol. The second-order valence-electron chi connectivity index (χ2n) is 28.6. The highest BCUT2D eigenvalue weighted by Crippen LogP contribution is 2.44. The first-order valence-corrected chi connectivity index (χ1v) is 40.4. The van der Waals surface area contributed by atoms with E-state index in [1.807, 2.05) is 109 Å². The summed E-state index contributed by atoms with van der Waals surface area (Å²) in [6.07, 6.45) is 1.85. The normalized spacial score (nSPS) is 11.4. The zero-order chi connectivity index (χ0) is 78.2. The lowest BCUT2D eigenvalue weighted by Crippen LogP contribution is -2.00. The summed E-state index contributed by atoms with van der Waals surface area (Å²) in [4.78, 5) is 50.5. The minimum atomic E-state index is 0.608. The summed E-state index contributed by atoms with van der Waals surface area (Å²) in [6, 6.07) is 129. The molecule has 118 heavy (non-hydrogen) atoms. The van der Waals surface area contributed by atoms with Gasteiger partial charge in [0, 0.05) is 66.2 Å². The van der Waals surface area contributed by atoms with E-state index in [1.54, 1.807) is 22.7 Å². The van der Waals surface area contributed by atoms with Gasteiger partial charge in [0.05, 0.1) is 37.2 Å². The van der Waals surface area contributed by atoms with Gasteiger partial charge in [-0.3, -0.25) is 4.98 Å². The van der Waals surface area contributed by atoms with Crippen molar-refractivity contribution in [2.24, 2.45) is 0 Å². The average molecular weight is 1550 g/mol. The molecule has 0 bridgehead atoms. The number of thiophene rings is 2.